The summed E-state index contributed by atoms with van der Waals surface area (Å²) in [6.45, 7) is 4.03. The molecule has 1 aliphatic carbocycles. The first kappa shape index (κ1) is 17.9. The third kappa shape index (κ3) is 3.28. The number of nitrogens with one attached hydrogen (secondary N) is 1. The van der Waals surface area contributed by atoms with Crippen LogP contribution in [0.15, 0.2) is 48.6 Å². The van der Waals surface area contributed by atoms with E-state index in [9.17, 15) is 10.1 Å². The van der Waals surface area contributed by atoms with E-state index in [-0.39, 0.29) is 28.8 Å². The van der Waals surface area contributed by atoms with Gasteiger partial charge in [-0.25, -0.2) is 0 Å². The third-order valence-corrected chi connectivity index (χ3v) is 5.55. The van der Waals surface area contributed by atoms with Crippen LogP contribution in [0.5, 0.6) is 5.75 Å². The summed E-state index contributed by atoms with van der Waals surface area (Å²) in [5, 5.41) is 15.0. The van der Waals surface area contributed by atoms with E-state index in [1.54, 1.807) is 12.1 Å². The van der Waals surface area contributed by atoms with Crippen LogP contribution in [0.4, 0.5) is 11.4 Å². The molecule has 2 aromatic rings. The fourth-order valence-corrected chi connectivity index (χ4v) is 4.30. The lowest BCUT2D eigenvalue weighted by molar-refractivity contribution is -0.384. The molecule has 27 heavy (non-hydrogen) atoms. The minimum atomic E-state index is -0.428. The number of allylic oxidation sites excluding steroid dienone is 2. The van der Waals surface area contributed by atoms with Crippen LogP contribution in [0.25, 0.3) is 0 Å². The molecule has 6 heteroatoms. The van der Waals surface area contributed by atoms with Crippen molar-refractivity contribution in [3.8, 4) is 5.75 Å². The van der Waals surface area contributed by atoms with E-state index < -0.39 is 4.92 Å². The van der Waals surface area contributed by atoms with Crippen molar-refractivity contribution in [1.29, 1.82) is 0 Å². The van der Waals surface area contributed by atoms with Gasteiger partial charge in [0, 0.05) is 17.7 Å². The van der Waals surface area contributed by atoms with E-state index in [0.717, 1.165) is 23.4 Å². The molecule has 0 fully saturated rings. The molecule has 3 atom stereocenters. The van der Waals surface area contributed by atoms with Gasteiger partial charge in [-0.05, 0) is 61.6 Å². The second kappa shape index (κ2) is 6.89. The van der Waals surface area contributed by atoms with Crippen molar-refractivity contribution in [3.05, 3.63) is 74.8 Å². The molecule has 0 saturated carbocycles. The topological polar surface area (TPSA) is 64.4 Å². The Bertz CT molecular complexity index is 926. The van der Waals surface area contributed by atoms with Gasteiger partial charge in [0.15, 0.2) is 0 Å². The fourth-order valence-electron chi connectivity index (χ4n) is 4.11. The number of nitrogens with zero attached hydrogens (tertiary/aromatic N) is 1. The van der Waals surface area contributed by atoms with Crippen molar-refractivity contribution >= 4 is 23.0 Å². The van der Waals surface area contributed by atoms with Crippen LogP contribution in [0.3, 0.4) is 0 Å². The van der Waals surface area contributed by atoms with Crippen molar-refractivity contribution in [2.45, 2.75) is 38.3 Å². The lowest BCUT2D eigenvalue weighted by Gasteiger charge is -2.37. The van der Waals surface area contributed by atoms with Crippen LogP contribution in [0.1, 0.15) is 43.4 Å². The van der Waals surface area contributed by atoms with E-state index in [1.807, 2.05) is 32.0 Å². The summed E-state index contributed by atoms with van der Waals surface area (Å²) in [4.78, 5) is 10.9. The summed E-state index contributed by atoms with van der Waals surface area (Å²) in [5.74, 6) is 1.43. The standard InChI is InChI=1S/C21H21ClN2O3/c1-12(2)27-14-7-9-19-17(11-14)15-4-3-5-16(15)21(23-19)13-6-8-18(22)20(10-13)24(25)26/h3-4,6-12,15-16,21,23H,5H2,1-2H3. The average Bonchev–Trinajstić information content (AvgIpc) is 3.11. The minimum absolute atomic E-state index is 0.00895. The van der Waals surface area contributed by atoms with Gasteiger partial charge in [0.1, 0.15) is 10.8 Å². The van der Waals surface area contributed by atoms with Crippen molar-refractivity contribution in [2.24, 2.45) is 5.92 Å². The van der Waals surface area contributed by atoms with E-state index in [2.05, 4.69) is 23.5 Å². The summed E-state index contributed by atoms with van der Waals surface area (Å²) in [7, 11) is 0. The quantitative estimate of drug-likeness (QED) is 0.407. The molecule has 0 radical (unpaired) electrons. The van der Waals surface area contributed by atoms with Gasteiger partial charge in [-0.1, -0.05) is 29.8 Å². The SMILES string of the molecule is CC(C)Oc1ccc2c(c1)C1C=CCC1C(c1ccc(Cl)c([N+](=O)[O-])c1)N2. The molecule has 1 heterocycles. The van der Waals surface area contributed by atoms with Crippen molar-refractivity contribution < 1.29 is 9.66 Å². The maximum absolute atomic E-state index is 11.3. The Labute approximate surface area is 163 Å². The predicted molar refractivity (Wildman–Crippen MR) is 107 cm³/mol. The number of hydrogen-bond donors (Lipinski definition) is 1. The summed E-state index contributed by atoms with van der Waals surface area (Å²) in [5.41, 5.74) is 3.09. The molecule has 4 rings (SSSR count). The normalized spacial score (nSPS) is 22.9. The molecule has 3 unspecified atom stereocenters. The van der Waals surface area contributed by atoms with E-state index >= 15 is 0 Å². The molecule has 0 bridgehead atoms. The average molecular weight is 385 g/mol. The third-order valence-electron chi connectivity index (χ3n) is 5.23. The van der Waals surface area contributed by atoms with Crippen LogP contribution in [0, 0.1) is 16.0 Å². The van der Waals surface area contributed by atoms with E-state index in [4.69, 9.17) is 16.3 Å². The van der Waals surface area contributed by atoms with E-state index in [0.29, 0.717) is 5.92 Å². The Morgan fingerprint density at radius 3 is 2.81 bits per heavy atom. The molecule has 140 valence electrons. The van der Waals surface area contributed by atoms with Gasteiger partial charge in [-0.2, -0.15) is 0 Å². The number of nitro groups is 1. The maximum atomic E-state index is 11.3. The van der Waals surface area contributed by atoms with Crippen LogP contribution in [-0.2, 0) is 0 Å². The first-order valence-electron chi connectivity index (χ1n) is 9.11. The maximum Gasteiger partial charge on any atom is 0.288 e. The van der Waals surface area contributed by atoms with Crippen LogP contribution >= 0.6 is 11.6 Å². The number of nitro benzene ring substituents is 1. The monoisotopic (exact) mass is 384 g/mol. The zero-order valence-electron chi connectivity index (χ0n) is 15.2. The van der Waals surface area contributed by atoms with Crippen LogP contribution < -0.4 is 10.1 Å². The molecule has 0 saturated heterocycles. The predicted octanol–water partition coefficient (Wildman–Crippen LogP) is 5.86. The summed E-state index contributed by atoms with van der Waals surface area (Å²) in [6, 6.07) is 11.2. The van der Waals surface area contributed by atoms with Gasteiger partial charge in [0.25, 0.3) is 5.69 Å². The van der Waals surface area contributed by atoms with Gasteiger partial charge in [0.05, 0.1) is 17.1 Å². The molecule has 2 aliphatic rings. The van der Waals surface area contributed by atoms with Crippen molar-refractivity contribution in [3.63, 3.8) is 0 Å². The highest BCUT2D eigenvalue weighted by Crippen LogP contribution is 2.51. The number of rotatable bonds is 4. The number of fused-ring (bicyclic) bond motifs is 3. The molecular weight excluding hydrogens is 364 g/mol. The number of ether oxygens (including phenoxy) is 1. The summed E-state index contributed by atoms with van der Waals surface area (Å²) < 4.78 is 5.85. The Kier molecular flexibility index (Phi) is 4.56. The molecular formula is C21H21ClN2O3. The number of hydrogen-bond acceptors (Lipinski definition) is 4. The van der Waals surface area contributed by atoms with Gasteiger partial charge in [0.2, 0.25) is 0 Å². The molecule has 1 aliphatic heterocycles. The fraction of sp³-hybridized carbons (Fsp3) is 0.333. The smallest absolute Gasteiger partial charge is 0.288 e. The summed E-state index contributed by atoms with van der Waals surface area (Å²) in [6.07, 6.45) is 5.48. The number of anilines is 1. The Morgan fingerprint density at radius 2 is 2.07 bits per heavy atom. The summed E-state index contributed by atoms with van der Waals surface area (Å²) >= 11 is 5.99. The Morgan fingerprint density at radius 1 is 1.26 bits per heavy atom. The van der Waals surface area contributed by atoms with Gasteiger partial charge in [-0.15, -0.1) is 0 Å². The van der Waals surface area contributed by atoms with Gasteiger partial charge < -0.3 is 10.1 Å². The minimum Gasteiger partial charge on any atom is -0.491 e. The highest BCUT2D eigenvalue weighted by molar-refractivity contribution is 6.32. The second-order valence-electron chi connectivity index (χ2n) is 7.36. The Hall–Kier alpha value is -2.53. The highest BCUT2D eigenvalue weighted by atomic mass is 35.5. The first-order valence-corrected chi connectivity index (χ1v) is 9.49. The molecule has 1 N–H and O–H groups in total. The lowest BCUT2D eigenvalue weighted by Crippen LogP contribution is -2.29. The van der Waals surface area contributed by atoms with Crippen molar-refractivity contribution in [2.75, 3.05) is 5.32 Å². The van der Waals surface area contributed by atoms with Gasteiger partial charge in [-0.3, -0.25) is 10.1 Å². The molecule has 2 aromatic carbocycles. The lowest BCUT2D eigenvalue weighted by atomic mass is 9.77. The number of benzene rings is 2. The molecule has 5 nitrogen and oxygen atoms in total. The van der Waals surface area contributed by atoms with Crippen LogP contribution in [-0.4, -0.2) is 11.0 Å². The number of halogens is 1. The first-order chi connectivity index (χ1) is 12.9. The molecule has 0 aromatic heterocycles. The zero-order chi connectivity index (χ0) is 19.1. The largest absolute Gasteiger partial charge is 0.491 e. The Balaban J connectivity index is 1.72. The van der Waals surface area contributed by atoms with E-state index in [1.165, 1.54) is 5.56 Å². The van der Waals surface area contributed by atoms with Crippen molar-refractivity contribution in [1.82, 2.24) is 0 Å². The molecule has 0 spiro atoms. The van der Waals surface area contributed by atoms with Gasteiger partial charge >= 0.3 is 0 Å². The molecule has 0 amide bonds. The zero-order valence-corrected chi connectivity index (χ0v) is 15.9. The second-order valence-corrected chi connectivity index (χ2v) is 7.77. The van der Waals surface area contributed by atoms with Crippen LogP contribution in [0.2, 0.25) is 5.02 Å². The highest BCUT2D eigenvalue weighted by Gasteiger charge is 2.38.